The maximum absolute atomic E-state index is 11.8. The van der Waals surface area contributed by atoms with Gasteiger partial charge < -0.3 is 14.6 Å². The monoisotopic (exact) mass is 280 g/mol. The molecule has 100 valence electrons. The predicted octanol–water partition coefficient (Wildman–Crippen LogP) is 2.23. The molecule has 0 saturated carbocycles. The maximum Gasteiger partial charge on any atom is 0.339 e. The lowest BCUT2D eigenvalue weighted by atomic mass is 10.3. The van der Waals surface area contributed by atoms with Crippen LogP contribution in [-0.2, 0) is 9.53 Å². The summed E-state index contributed by atoms with van der Waals surface area (Å²) in [6.07, 6.45) is -0.913. The number of thiophene rings is 1. The smallest absolute Gasteiger partial charge is 0.339 e. The Balaban J connectivity index is 1.91. The first-order chi connectivity index (χ1) is 9.06. The van der Waals surface area contributed by atoms with Gasteiger partial charge in [-0.3, -0.25) is 4.79 Å². The van der Waals surface area contributed by atoms with Crippen molar-refractivity contribution in [3.8, 4) is 0 Å². The number of aryl methyl sites for hydroxylation is 1. The number of anilines is 1. The highest BCUT2D eigenvalue weighted by atomic mass is 32.1. The van der Waals surface area contributed by atoms with E-state index in [1.807, 2.05) is 0 Å². The lowest BCUT2D eigenvalue weighted by Gasteiger charge is -2.11. The molecule has 0 aromatic carbocycles. The normalized spacial score (nSPS) is 11.9. The quantitative estimate of drug-likeness (QED) is 0.868. The first-order valence-electron chi connectivity index (χ1n) is 5.53. The molecule has 0 aliphatic rings. The fourth-order valence-corrected chi connectivity index (χ4v) is 1.94. The van der Waals surface area contributed by atoms with Gasteiger partial charge in [-0.2, -0.15) is 11.3 Å². The Kier molecular flexibility index (Phi) is 3.96. The summed E-state index contributed by atoms with van der Waals surface area (Å²) >= 11 is 1.38. The fourth-order valence-electron chi connectivity index (χ4n) is 1.32. The van der Waals surface area contributed by atoms with Gasteiger partial charge >= 0.3 is 5.97 Å². The van der Waals surface area contributed by atoms with E-state index in [0.717, 1.165) is 0 Å². The van der Waals surface area contributed by atoms with Crippen LogP contribution in [0.15, 0.2) is 27.4 Å². The second kappa shape index (κ2) is 5.66. The summed E-state index contributed by atoms with van der Waals surface area (Å²) in [7, 11) is 0. The maximum atomic E-state index is 11.8. The van der Waals surface area contributed by atoms with Crippen molar-refractivity contribution in [3.63, 3.8) is 0 Å². The van der Waals surface area contributed by atoms with E-state index >= 15 is 0 Å². The number of carbonyl (C=O) groups is 2. The van der Waals surface area contributed by atoms with Crippen LogP contribution in [0.3, 0.4) is 0 Å². The van der Waals surface area contributed by atoms with Gasteiger partial charge in [-0.15, -0.1) is 0 Å². The molecule has 19 heavy (non-hydrogen) atoms. The number of aromatic nitrogens is 1. The van der Waals surface area contributed by atoms with Gasteiger partial charge in [-0.1, -0.05) is 5.16 Å². The van der Waals surface area contributed by atoms with E-state index in [9.17, 15) is 9.59 Å². The first-order valence-corrected chi connectivity index (χ1v) is 6.48. The molecule has 2 aromatic rings. The van der Waals surface area contributed by atoms with E-state index in [2.05, 4.69) is 10.5 Å². The highest BCUT2D eigenvalue weighted by Gasteiger charge is 2.20. The molecule has 1 unspecified atom stereocenters. The van der Waals surface area contributed by atoms with Crippen LogP contribution in [0.1, 0.15) is 23.0 Å². The average Bonchev–Trinajstić information content (AvgIpc) is 3.00. The Morgan fingerprint density at radius 1 is 1.53 bits per heavy atom. The third-order valence-corrected chi connectivity index (χ3v) is 2.97. The van der Waals surface area contributed by atoms with E-state index in [1.54, 1.807) is 29.8 Å². The Hall–Kier alpha value is -2.15. The van der Waals surface area contributed by atoms with Gasteiger partial charge in [0.15, 0.2) is 11.9 Å². The average molecular weight is 280 g/mol. The van der Waals surface area contributed by atoms with E-state index in [1.165, 1.54) is 18.3 Å². The summed E-state index contributed by atoms with van der Waals surface area (Å²) in [6.45, 7) is 3.20. The zero-order valence-corrected chi connectivity index (χ0v) is 11.2. The molecule has 7 heteroatoms. The number of carbonyl (C=O) groups excluding carboxylic acids is 2. The summed E-state index contributed by atoms with van der Waals surface area (Å²) in [6, 6.07) is 3.21. The Morgan fingerprint density at radius 3 is 2.89 bits per heavy atom. The number of rotatable bonds is 4. The Bertz CT molecular complexity index is 576. The highest BCUT2D eigenvalue weighted by Crippen LogP contribution is 2.11. The second-order valence-electron chi connectivity index (χ2n) is 3.87. The van der Waals surface area contributed by atoms with E-state index in [0.29, 0.717) is 17.1 Å². The molecule has 6 nitrogen and oxygen atoms in total. The van der Waals surface area contributed by atoms with Gasteiger partial charge in [-0.25, -0.2) is 4.79 Å². The van der Waals surface area contributed by atoms with Gasteiger partial charge in [0.05, 0.1) is 5.56 Å². The molecule has 1 amide bonds. The van der Waals surface area contributed by atoms with E-state index in [-0.39, 0.29) is 0 Å². The van der Waals surface area contributed by atoms with Crippen LogP contribution in [0.25, 0.3) is 0 Å². The van der Waals surface area contributed by atoms with Crippen LogP contribution in [0, 0.1) is 6.92 Å². The van der Waals surface area contributed by atoms with Crippen LogP contribution in [0.2, 0.25) is 0 Å². The minimum Gasteiger partial charge on any atom is -0.449 e. The lowest BCUT2D eigenvalue weighted by Crippen LogP contribution is -2.30. The van der Waals surface area contributed by atoms with Crippen LogP contribution in [-0.4, -0.2) is 23.1 Å². The minimum atomic E-state index is -0.913. The summed E-state index contributed by atoms with van der Waals surface area (Å²) < 4.78 is 9.85. The minimum absolute atomic E-state index is 0.293. The van der Waals surface area contributed by atoms with Crippen LogP contribution >= 0.6 is 11.3 Å². The first kappa shape index (κ1) is 13.3. The summed E-state index contributed by atoms with van der Waals surface area (Å²) in [5.74, 6) is -0.115. The van der Waals surface area contributed by atoms with Gasteiger partial charge in [0.25, 0.3) is 5.91 Å². The molecule has 0 fully saturated rings. The van der Waals surface area contributed by atoms with Crippen LogP contribution in [0.5, 0.6) is 0 Å². The third kappa shape index (κ3) is 3.41. The molecule has 2 heterocycles. The van der Waals surface area contributed by atoms with Crippen molar-refractivity contribution in [2.24, 2.45) is 0 Å². The molecular formula is C12H12N2O4S. The summed E-state index contributed by atoms with van der Waals surface area (Å²) in [5, 5.41) is 9.54. The highest BCUT2D eigenvalue weighted by molar-refractivity contribution is 7.08. The largest absolute Gasteiger partial charge is 0.449 e. The molecule has 2 aromatic heterocycles. The number of ether oxygens (including phenoxy) is 1. The number of nitrogens with zero attached hydrogens (tertiary/aromatic N) is 1. The topological polar surface area (TPSA) is 81.4 Å². The summed E-state index contributed by atoms with van der Waals surface area (Å²) in [5.41, 5.74) is 0.432. The van der Waals surface area contributed by atoms with Crippen molar-refractivity contribution in [1.82, 2.24) is 5.16 Å². The van der Waals surface area contributed by atoms with Crippen LogP contribution in [0.4, 0.5) is 5.82 Å². The van der Waals surface area contributed by atoms with Gasteiger partial charge in [-0.05, 0) is 25.3 Å². The number of amides is 1. The zero-order valence-electron chi connectivity index (χ0n) is 10.4. The molecular weight excluding hydrogens is 268 g/mol. The lowest BCUT2D eigenvalue weighted by molar-refractivity contribution is -0.123. The van der Waals surface area contributed by atoms with Gasteiger partial charge in [0, 0.05) is 11.4 Å². The third-order valence-electron chi connectivity index (χ3n) is 2.29. The molecule has 0 aliphatic heterocycles. The summed E-state index contributed by atoms with van der Waals surface area (Å²) in [4.78, 5) is 23.4. The molecule has 0 spiro atoms. The van der Waals surface area contributed by atoms with Crippen LogP contribution < -0.4 is 5.32 Å². The zero-order chi connectivity index (χ0) is 13.8. The standard InChI is InChI=1S/C12H12N2O4S/c1-7-5-10(14-18-7)13-11(15)8(2)17-12(16)9-3-4-19-6-9/h3-6,8H,1-2H3,(H,13,14,15). The Morgan fingerprint density at radius 2 is 2.32 bits per heavy atom. The molecule has 2 rings (SSSR count). The van der Waals surface area contributed by atoms with Crippen molar-refractivity contribution in [1.29, 1.82) is 0 Å². The molecule has 0 saturated heterocycles. The van der Waals surface area contributed by atoms with Crippen molar-refractivity contribution in [2.75, 3.05) is 5.32 Å². The number of esters is 1. The second-order valence-corrected chi connectivity index (χ2v) is 4.65. The van der Waals surface area contributed by atoms with Gasteiger partial charge in [0.2, 0.25) is 0 Å². The number of hydrogen-bond acceptors (Lipinski definition) is 6. The predicted molar refractivity (Wildman–Crippen MR) is 69.1 cm³/mol. The molecule has 0 radical (unpaired) electrons. The molecule has 0 aliphatic carbocycles. The number of nitrogens with one attached hydrogen (secondary N) is 1. The van der Waals surface area contributed by atoms with Crippen molar-refractivity contribution in [2.45, 2.75) is 20.0 Å². The van der Waals surface area contributed by atoms with E-state index in [4.69, 9.17) is 9.26 Å². The molecule has 1 atom stereocenters. The fraction of sp³-hybridized carbons (Fsp3) is 0.250. The van der Waals surface area contributed by atoms with E-state index < -0.39 is 18.0 Å². The molecule has 0 bridgehead atoms. The Labute approximate surface area is 113 Å². The number of hydrogen-bond donors (Lipinski definition) is 1. The molecule has 1 N–H and O–H groups in total. The van der Waals surface area contributed by atoms with Crippen molar-refractivity contribution >= 4 is 29.0 Å². The van der Waals surface area contributed by atoms with Crippen molar-refractivity contribution < 1.29 is 18.8 Å². The SMILES string of the molecule is Cc1cc(NC(=O)C(C)OC(=O)c2ccsc2)no1. The van der Waals surface area contributed by atoms with Crippen molar-refractivity contribution in [3.05, 3.63) is 34.2 Å². The van der Waals surface area contributed by atoms with Gasteiger partial charge in [0.1, 0.15) is 5.76 Å².